The molecular formula is C21H28F3N5O3. The molecule has 1 unspecified atom stereocenters. The summed E-state index contributed by atoms with van der Waals surface area (Å²) in [6.45, 7) is 5.25. The minimum Gasteiger partial charge on any atom is -0.383 e. The molecule has 2 rings (SSSR count). The van der Waals surface area contributed by atoms with Crippen molar-refractivity contribution in [2.45, 2.75) is 26.1 Å². The van der Waals surface area contributed by atoms with Crippen LogP contribution in [-0.4, -0.2) is 69.3 Å². The van der Waals surface area contributed by atoms with Crippen LogP contribution >= 0.6 is 0 Å². The zero-order chi connectivity index (χ0) is 23.9. The third-order valence-electron chi connectivity index (χ3n) is 5.00. The minimum absolute atomic E-state index is 0.00406. The lowest BCUT2D eigenvalue weighted by molar-refractivity contribution is -0.137. The molecule has 0 saturated carbocycles. The number of rotatable bonds is 7. The van der Waals surface area contributed by atoms with Gasteiger partial charge in [-0.2, -0.15) is 18.4 Å². The highest BCUT2D eigenvalue weighted by atomic mass is 19.4. The van der Waals surface area contributed by atoms with Crippen molar-refractivity contribution in [3.05, 3.63) is 29.3 Å². The molecule has 0 spiro atoms. The van der Waals surface area contributed by atoms with E-state index in [0.717, 1.165) is 12.1 Å². The Morgan fingerprint density at radius 3 is 2.59 bits per heavy atom. The summed E-state index contributed by atoms with van der Waals surface area (Å²) in [5, 5.41) is 14.5. The zero-order valence-corrected chi connectivity index (χ0v) is 18.3. The Hall–Kier alpha value is -3.00. The lowest BCUT2D eigenvalue weighted by Crippen LogP contribution is -2.62. The van der Waals surface area contributed by atoms with Gasteiger partial charge in [-0.1, -0.05) is 13.8 Å². The quantitative estimate of drug-likeness (QED) is 0.615. The number of methoxy groups -OCH3 is 1. The van der Waals surface area contributed by atoms with E-state index in [9.17, 15) is 22.8 Å². The van der Waals surface area contributed by atoms with E-state index >= 15 is 0 Å². The normalized spacial score (nSPS) is 16.6. The van der Waals surface area contributed by atoms with Crippen LogP contribution in [0.5, 0.6) is 0 Å². The number of hydrogen-bond donors (Lipinski definition) is 2. The van der Waals surface area contributed by atoms with Gasteiger partial charge < -0.3 is 25.2 Å². The molecule has 1 heterocycles. The second kappa shape index (κ2) is 11.0. The Bertz CT molecular complexity index is 854. The number of carbonyl (C=O) groups excluding carboxylic acids is 2. The number of urea groups is 1. The van der Waals surface area contributed by atoms with Crippen LogP contribution in [0, 0.1) is 17.2 Å². The van der Waals surface area contributed by atoms with E-state index in [-0.39, 0.29) is 50.4 Å². The molecule has 8 nitrogen and oxygen atoms in total. The highest BCUT2D eigenvalue weighted by Crippen LogP contribution is 2.35. The van der Waals surface area contributed by atoms with E-state index < -0.39 is 29.3 Å². The van der Waals surface area contributed by atoms with E-state index in [1.54, 1.807) is 6.07 Å². The largest absolute Gasteiger partial charge is 0.417 e. The molecule has 2 N–H and O–H groups in total. The molecule has 1 aromatic carbocycles. The van der Waals surface area contributed by atoms with Gasteiger partial charge in [-0.05, 0) is 24.1 Å². The first kappa shape index (κ1) is 25.3. The number of benzene rings is 1. The summed E-state index contributed by atoms with van der Waals surface area (Å²) in [5.41, 5.74) is -1.40. The molecule has 11 heteroatoms. The average Bonchev–Trinajstić information content (AvgIpc) is 2.76. The molecule has 3 amide bonds. The molecule has 1 saturated heterocycles. The predicted molar refractivity (Wildman–Crippen MR) is 112 cm³/mol. The molecule has 1 aliphatic rings. The molecule has 32 heavy (non-hydrogen) atoms. The Morgan fingerprint density at radius 2 is 2.00 bits per heavy atom. The van der Waals surface area contributed by atoms with Crippen LogP contribution in [0.4, 0.5) is 23.7 Å². The van der Waals surface area contributed by atoms with Crippen LogP contribution in [0.1, 0.15) is 25.0 Å². The van der Waals surface area contributed by atoms with Gasteiger partial charge in [0.05, 0.1) is 30.3 Å². The van der Waals surface area contributed by atoms with Crippen molar-refractivity contribution in [1.29, 1.82) is 5.26 Å². The zero-order valence-electron chi connectivity index (χ0n) is 18.3. The van der Waals surface area contributed by atoms with Crippen LogP contribution in [0.25, 0.3) is 0 Å². The number of ether oxygens (including phenoxy) is 1. The Kier molecular flexibility index (Phi) is 8.72. The summed E-state index contributed by atoms with van der Waals surface area (Å²) in [4.78, 5) is 28.4. The standard InChI is InChI=1S/C21H28F3N5O3/c1-14(2)12-27-20(31)28-7-8-29(18(13-28)19(30)26-6-9-32-3)16-5-4-15(11-25)17(10-16)21(22,23)24/h4-5,10,14,18H,6-9,12-13H2,1-3H3,(H,26,30)(H,27,31). The summed E-state index contributed by atoms with van der Waals surface area (Å²) in [6, 6.07) is 3.68. The Labute approximate surface area is 185 Å². The van der Waals surface area contributed by atoms with Crippen molar-refractivity contribution >= 4 is 17.6 Å². The number of nitriles is 1. The van der Waals surface area contributed by atoms with Gasteiger partial charge in [-0.3, -0.25) is 4.79 Å². The number of alkyl halides is 3. The highest BCUT2D eigenvalue weighted by Gasteiger charge is 2.37. The lowest BCUT2D eigenvalue weighted by atomic mass is 10.0. The molecule has 1 aromatic rings. The third kappa shape index (κ3) is 6.50. The van der Waals surface area contributed by atoms with Gasteiger partial charge in [0, 0.05) is 39.0 Å². The Balaban J connectivity index is 2.31. The van der Waals surface area contributed by atoms with E-state index in [1.807, 2.05) is 13.8 Å². The predicted octanol–water partition coefficient (Wildman–Crippen LogP) is 2.20. The molecule has 0 aromatic heterocycles. The van der Waals surface area contributed by atoms with E-state index in [0.29, 0.717) is 6.54 Å². The van der Waals surface area contributed by atoms with Gasteiger partial charge >= 0.3 is 12.2 Å². The maximum absolute atomic E-state index is 13.4. The summed E-state index contributed by atoms with van der Waals surface area (Å²) in [5.74, 6) is -0.186. The van der Waals surface area contributed by atoms with Gasteiger partial charge in [-0.15, -0.1) is 0 Å². The Morgan fingerprint density at radius 1 is 1.28 bits per heavy atom. The number of nitrogens with zero attached hydrogens (tertiary/aromatic N) is 3. The highest BCUT2D eigenvalue weighted by molar-refractivity contribution is 5.87. The number of carbonyl (C=O) groups is 2. The second-order valence-corrected chi connectivity index (χ2v) is 7.86. The first-order chi connectivity index (χ1) is 15.1. The van der Waals surface area contributed by atoms with Crippen molar-refractivity contribution in [3.8, 4) is 6.07 Å². The molecule has 0 aliphatic carbocycles. The van der Waals surface area contributed by atoms with Crippen molar-refractivity contribution in [2.75, 3.05) is 51.3 Å². The summed E-state index contributed by atoms with van der Waals surface area (Å²) >= 11 is 0. The number of hydrogen-bond acceptors (Lipinski definition) is 5. The number of anilines is 1. The van der Waals surface area contributed by atoms with Gasteiger partial charge in [-0.25, -0.2) is 4.79 Å². The van der Waals surface area contributed by atoms with Crippen molar-refractivity contribution in [1.82, 2.24) is 15.5 Å². The van der Waals surface area contributed by atoms with Crippen LogP contribution in [0.15, 0.2) is 18.2 Å². The minimum atomic E-state index is -4.71. The van der Waals surface area contributed by atoms with Gasteiger partial charge in [0.1, 0.15) is 6.04 Å². The number of amides is 3. The van der Waals surface area contributed by atoms with Crippen molar-refractivity contribution in [3.63, 3.8) is 0 Å². The van der Waals surface area contributed by atoms with Gasteiger partial charge in [0.15, 0.2) is 0 Å². The van der Waals surface area contributed by atoms with Crippen LogP contribution in [-0.2, 0) is 15.7 Å². The molecular weight excluding hydrogens is 427 g/mol. The topological polar surface area (TPSA) is 97.7 Å². The molecule has 176 valence electrons. The van der Waals surface area contributed by atoms with E-state index in [2.05, 4.69) is 10.6 Å². The maximum Gasteiger partial charge on any atom is 0.417 e. The number of nitrogens with one attached hydrogen (secondary N) is 2. The van der Waals surface area contributed by atoms with Crippen molar-refractivity contribution in [2.24, 2.45) is 5.92 Å². The average molecular weight is 455 g/mol. The fraction of sp³-hybridized carbons (Fsp3) is 0.571. The van der Waals surface area contributed by atoms with Crippen LogP contribution in [0.3, 0.4) is 0 Å². The molecule has 0 radical (unpaired) electrons. The molecule has 1 fully saturated rings. The third-order valence-corrected chi connectivity index (χ3v) is 5.00. The SMILES string of the molecule is COCCNC(=O)C1CN(C(=O)NCC(C)C)CCN1c1ccc(C#N)c(C(F)(F)F)c1. The molecule has 0 bridgehead atoms. The van der Waals surface area contributed by atoms with E-state index in [4.69, 9.17) is 10.00 Å². The fourth-order valence-corrected chi connectivity index (χ4v) is 3.34. The second-order valence-electron chi connectivity index (χ2n) is 7.86. The first-order valence-corrected chi connectivity index (χ1v) is 10.3. The maximum atomic E-state index is 13.4. The molecule has 1 atom stereocenters. The number of piperazine rings is 1. The molecule has 1 aliphatic heterocycles. The van der Waals surface area contributed by atoms with Gasteiger partial charge in [0.2, 0.25) is 5.91 Å². The van der Waals surface area contributed by atoms with Crippen molar-refractivity contribution < 1.29 is 27.5 Å². The smallest absolute Gasteiger partial charge is 0.383 e. The monoisotopic (exact) mass is 455 g/mol. The summed E-state index contributed by atoms with van der Waals surface area (Å²) in [7, 11) is 1.48. The first-order valence-electron chi connectivity index (χ1n) is 10.3. The lowest BCUT2D eigenvalue weighted by Gasteiger charge is -2.42. The summed E-state index contributed by atoms with van der Waals surface area (Å²) < 4.78 is 45.2. The van der Waals surface area contributed by atoms with Gasteiger partial charge in [0.25, 0.3) is 0 Å². The van der Waals surface area contributed by atoms with Crippen LogP contribution in [0.2, 0.25) is 0 Å². The fourth-order valence-electron chi connectivity index (χ4n) is 3.34. The van der Waals surface area contributed by atoms with E-state index in [1.165, 1.54) is 23.0 Å². The number of halogens is 3. The summed E-state index contributed by atoms with van der Waals surface area (Å²) in [6.07, 6.45) is -4.71. The van der Waals surface area contributed by atoms with Crippen LogP contribution < -0.4 is 15.5 Å².